The molecular weight excluding hydrogens is 424 g/mol. The first-order chi connectivity index (χ1) is 17.1. The number of hydrogen-bond donors (Lipinski definition) is 0. The van der Waals surface area contributed by atoms with Crippen LogP contribution in [0.2, 0.25) is 0 Å². The third-order valence-corrected chi connectivity index (χ3v) is 7.89. The number of unbranched alkanes of at least 4 members (excludes halogenated alkanes) is 8. The molecule has 0 N–H and O–H groups in total. The molecule has 0 spiro atoms. The Bertz CT molecular complexity index is 844. The summed E-state index contributed by atoms with van der Waals surface area (Å²) in [6.07, 6.45) is 19.3. The zero-order chi connectivity index (χ0) is 24.9. The Morgan fingerprint density at radius 3 is 1.83 bits per heavy atom. The van der Waals surface area contributed by atoms with Crippen molar-refractivity contribution in [2.24, 2.45) is 0 Å². The van der Waals surface area contributed by atoms with E-state index >= 15 is 0 Å². The molecular formula is C33H50N2. The van der Waals surface area contributed by atoms with Gasteiger partial charge in [0.05, 0.1) is 0 Å². The topological polar surface area (TPSA) is 6.48 Å². The molecule has 0 bridgehead atoms. The molecule has 0 fully saturated rings. The standard InChI is InChI=1S/C33H50N2/c1-5-7-8-9-10-11-12-13-20-25-34-26-27-35(29(3)4)33(34,28-30-21-16-14-17-22-30)32(6-2)31-23-18-15-19-24-31/h14-19,21-24,26-27,29,32H,5-13,20,25,28H2,1-4H3. The molecule has 0 amide bonds. The van der Waals surface area contributed by atoms with Crippen LogP contribution in [0.1, 0.15) is 109 Å². The van der Waals surface area contributed by atoms with Gasteiger partial charge in [0.1, 0.15) is 5.66 Å². The summed E-state index contributed by atoms with van der Waals surface area (Å²) in [5, 5.41) is 0. The molecule has 0 aromatic heterocycles. The fraction of sp³-hybridized carbons (Fsp3) is 0.576. The van der Waals surface area contributed by atoms with E-state index in [4.69, 9.17) is 0 Å². The SMILES string of the molecule is CCCCCCCCCCCN1C=CN(C(C)C)C1(Cc1ccccc1)C(CC)c1ccccc1. The van der Waals surface area contributed by atoms with Crippen LogP contribution in [-0.4, -0.2) is 28.0 Å². The zero-order valence-electron chi connectivity index (χ0n) is 23.0. The van der Waals surface area contributed by atoms with Crippen LogP contribution >= 0.6 is 0 Å². The summed E-state index contributed by atoms with van der Waals surface area (Å²) in [6, 6.07) is 22.8. The summed E-state index contributed by atoms with van der Waals surface area (Å²) in [7, 11) is 0. The van der Waals surface area contributed by atoms with Crippen molar-refractivity contribution in [3.05, 3.63) is 84.2 Å². The molecule has 0 aliphatic carbocycles. The monoisotopic (exact) mass is 474 g/mol. The smallest absolute Gasteiger partial charge is 0.123 e. The maximum absolute atomic E-state index is 2.71. The minimum atomic E-state index is -0.0776. The minimum Gasteiger partial charge on any atom is -0.353 e. The summed E-state index contributed by atoms with van der Waals surface area (Å²) in [6.45, 7) is 10.5. The first kappa shape index (κ1) is 27.4. The van der Waals surface area contributed by atoms with Crippen LogP contribution in [0, 0.1) is 0 Å². The van der Waals surface area contributed by atoms with E-state index in [9.17, 15) is 0 Å². The molecule has 2 atom stereocenters. The van der Waals surface area contributed by atoms with Crippen LogP contribution in [0.3, 0.4) is 0 Å². The van der Waals surface area contributed by atoms with Gasteiger partial charge < -0.3 is 9.80 Å². The molecule has 2 nitrogen and oxygen atoms in total. The highest BCUT2D eigenvalue weighted by molar-refractivity contribution is 5.30. The van der Waals surface area contributed by atoms with Gasteiger partial charge in [-0.1, -0.05) is 126 Å². The average molecular weight is 475 g/mol. The molecule has 2 unspecified atom stereocenters. The third kappa shape index (κ3) is 7.15. The van der Waals surface area contributed by atoms with Crippen molar-refractivity contribution < 1.29 is 0 Å². The second-order valence-corrected chi connectivity index (χ2v) is 10.7. The van der Waals surface area contributed by atoms with E-state index in [-0.39, 0.29) is 5.66 Å². The Morgan fingerprint density at radius 2 is 1.26 bits per heavy atom. The van der Waals surface area contributed by atoms with Gasteiger partial charge in [-0.25, -0.2) is 0 Å². The Labute approximate surface area is 216 Å². The molecule has 1 heterocycles. The van der Waals surface area contributed by atoms with Gasteiger partial charge >= 0.3 is 0 Å². The van der Waals surface area contributed by atoms with Gasteiger partial charge in [-0.15, -0.1) is 0 Å². The lowest BCUT2D eigenvalue weighted by molar-refractivity contribution is -0.0191. The summed E-state index contributed by atoms with van der Waals surface area (Å²) < 4.78 is 0. The van der Waals surface area contributed by atoms with Crippen LogP contribution in [0.5, 0.6) is 0 Å². The summed E-state index contributed by atoms with van der Waals surface area (Å²) in [4.78, 5) is 5.37. The molecule has 3 rings (SSSR count). The Hall–Kier alpha value is -2.22. The van der Waals surface area contributed by atoms with Crippen molar-refractivity contribution >= 4 is 0 Å². The third-order valence-electron chi connectivity index (χ3n) is 7.89. The number of rotatable bonds is 16. The Balaban J connectivity index is 1.79. The predicted octanol–water partition coefficient (Wildman–Crippen LogP) is 9.15. The van der Waals surface area contributed by atoms with Gasteiger partial charge in [0, 0.05) is 37.3 Å². The van der Waals surface area contributed by atoms with E-state index in [1.807, 2.05) is 0 Å². The molecule has 2 aromatic carbocycles. The lowest BCUT2D eigenvalue weighted by Crippen LogP contribution is -2.60. The van der Waals surface area contributed by atoms with Crippen LogP contribution in [-0.2, 0) is 6.42 Å². The molecule has 35 heavy (non-hydrogen) atoms. The number of hydrogen-bond acceptors (Lipinski definition) is 2. The van der Waals surface area contributed by atoms with Crippen molar-refractivity contribution in [1.29, 1.82) is 0 Å². The Morgan fingerprint density at radius 1 is 0.686 bits per heavy atom. The quantitative estimate of drug-likeness (QED) is 0.224. The van der Waals surface area contributed by atoms with E-state index in [2.05, 4.69) is 111 Å². The molecule has 192 valence electrons. The van der Waals surface area contributed by atoms with Gasteiger partial charge in [-0.3, -0.25) is 0 Å². The molecule has 2 heteroatoms. The van der Waals surface area contributed by atoms with Crippen molar-refractivity contribution in [2.75, 3.05) is 6.54 Å². The first-order valence-electron chi connectivity index (χ1n) is 14.5. The summed E-state index contributed by atoms with van der Waals surface area (Å²) >= 11 is 0. The zero-order valence-corrected chi connectivity index (χ0v) is 23.0. The molecule has 0 radical (unpaired) electrons. The van der Waals surface area contributed by atoms with Crippen LogP contribution in [0.25, 0.3) is 0 Å². The second-order valence-electron chi connectivity index (χ2n) is 10.7. The van der Waals surface area contributed by atoms with Gasteiger partial charge in [0.2, 0.25) is 0 Å². The highest BCUT2D eigenvalue weighted by Gasteiger charge is 2.50. The van der Waals surface area contributed by atoms with Crippen LogP contribution in [0.15, 0.2) is 73.1 Å². The molecule has 0 saturated carbocycles. The van der Waals surface area contributed by atoms with E-state index in [0.29, 0.717) is 12.0 Å². The molecule has 0 saturated heterocycles. The summed E-state index contributed by atoms with van der Waals surface area (Å²) in [5.74, 6) is 0.430. The van der Waals surface area contributed by atoms with E-state index in [0.717, 1.165) is 19.4 Å². The number of benzene rings is 2. The highest BCUT2D eigenvalue weighted by atomic mass is 15.4. The van der Waals surface area contributed by atoms with Crippen molar-refractivity contribution in [3.63, 3.8) is 0 Å². The molecule has 1 aliphatic heterocycles. The van der Waals surface area contributed by atoms with Gasteiger partial charge in [-0.2, -0.15) is 0 Å². The minimum absolute atomic E-state index is 0.0776. The fourth-order valence-corrected chi connectivity index (χ4v) is 6.15. The largest absolute Gasteiger partial charge is 0.353 e. The van der Waals surface area contributed by atoms with Gasteiger partial charge in [0.15, 0.2) is 0 Å². The van der Waals surface area contributed by atoms with Crippen molar-refractivity contribution in [3.8, 4) is 0 Å². The number of nitrogens with zero attached hydrogens (tertiary/aromatic N) is 2. The molecule has 2 aromatic rings. The van der Waals surface area contributed by atoms with Crippen LogP contribution in [0.4, 0.5) is 0 Å². The van der Waals surface area contributed by atoms with E-state index < -0.39 is 0 Å². The van der Waals surface area contributed by atoms with E-state index in [1.165, 1.54) is 68.9 Å². The first-order valence-corrected chi connectivity index (χ1v) is 14.5. The van der Waals surface area contributed by atoms with Crippen molar-refractivity contribution in [1.82, 2.24) is 9.80 Å². The van der Waals surface area contributed by atoms with Crippen LogP contribution < -0.4 is 0 Å². The Kier molecular flexibility index (Phi) is 11.2. The normalized spacial score (nSPS) is 18.5. The van der Waals surface area contributed by atoms with Crippen molar-refractivity contribution in [2.45, 2.75) is 116 Å². The van der Waals surface area contributed by atoms with Gasteiger partial charge in [-0.05, 0) is 37.8 Å². The average Bonchev–Trinajstić information content (AvgIpc) is 3.23. The van der Waals surface area contributed by atoms with E-state index in [1.54, 1.807) is 0 Å². The second kappa shape index (κ2) is 14.4. The predicted molar refractivity (Wildman–Crippen MR) is 152 cm³/mol. The lowest BCUT2D eigenvalue weighted by Gasteiger charge is -2.53. The maximum Gasteiger partial charge on any atom is 0.123 e. The molecule has 1 aliphatic rings. The highest BCUT2D eigenvalue weighted by Crippen LogP contribution is 2.46. The fourth-order valence-electron chi connectivity index (χ4n) is 6.15. The maximum atomic E-state index is 2.71. The summed E-state index contributed by atoms with van der Waals surface area (Å²) in [5.41, 5.74) is 2.80. The van der Waals surface area contributed by atoms with Gasteiger partial charge in [0.25, 0.3) is 0 Å². The lowest BCUT2D eigenvalue weighted by atomic mass is 9.77.